The van der Waals surface area contributed by atoms with Crippen LogP contribution in [0.1, 0.15) is 16.7 Å². The summed E-state index contributed by atoms with van der Waals surface area (Å²) in [6, 6.07) is 8.98. The van der Waals surface area contributed by atoms with Gasteiger partial charge in [0.25, 0.3) is 0 Å². The van der Waals surface area contributed by atoms with Gasteiger partial charge in [0, 0.05) is 18.2 Å². The molecule has 0 unspecified atom stereocenters. The fourth-order valence-corrected chi connectivity index (χ4v) is 1.86. The quantitative estimate of drug-likeness (QED) is 0.918. The first-order valence-electron chi connectivity index (χ1n) is 5.96. The van der Waals surface area contributed by atoms with Gasteiger partial charge in [-0.05, 0) is 30.7 Å². The predicted octanol–water partition coefficient (Wildman–Crippen LogP) is 3.31. The lowest BCUT2D eigenvalue weighted by Gasteiger charge is -2.11. The van der Waals surface area contributed by atoms with Crippen LogP contribution in [0.25, 0.3) is 0 Å². The molecule has 2 N–H and O–H groups in total. The van der Waals surface area contributed by atoms with E-state index in [2.05, 4.69) is 0 Å². The average Bonchev–Trinajstić information content (AvgIpc) is 2.36. The Labute approximate surface area is 110 Å². The molecule has 0 amide bonds. The van der Waals surface area contributed by atoms with Gasteiger partial charge in [-0.2, -0.15) is 0 Å². The first kappa shape index (κ1) is 13.5. The van der Waals surface area contributed by atoms with Gasteiger partial charge in [-0.15, -0.1) is 0 Å². The SMILES string of the molecule is Cc1ccc(OCc2cc(F)cc(F)c2)c(CN)c1. The number of benzene rings is 2. The number of halogens is 2. The number of ether oxygens (including phenoxy) is 1. The van der Waals surface area contributed by atoms with E-state index in [-0.39, 0.29) is 6.61 Å². The summed E-state index contributed by atoms with van der Waals surface area (Å²) in [5.41, 5.74) is 8.04. The maximum absolute atomic E-state index is 13.0. The molecule has 2 aromatic rings. The normalized spacial score (nSPS) is 10.5. The van der Waals surface area contributed by atoms with Crippen molar-refractivity contribution in [2.24, 2.45) is 5.73 Å². The summed E-state index contributed by atoms with van der Waals surface area (Å²) in [4.78, 5) is 0. The van der Waals surface area contributed by atoms with Crippen molar-refractivity contribution in [3.8, 4) is 5.75 Å². The van der Waals surface area contributed by atoms with Crippen LogP contribution in [0.4, 0.5) is 8.78 Å². The summed E-state index contributed by atoms with van der Waals surface area (Å²) in [5.74, 6) is -0.583. The predicted molar refractivity (Wildman–Crippen MR) is 69.8 cm³/mol. The van der Waals surface area contributed by atoms with E-state index in [4.69, 9.17) is 10.5 Å². The third-order valence-corrected chi connectivity index (χ3v) is 2.75. The van der Waals surface area contributed by atoms with Gasteiger partial charge in [-0.1, -0.05) is 17.7 Å². The van der Waals surface area contributed by atoms with Crippen molar-refractivity contribution in [3.63, 3.8) is 0 Å². The van der Waals surface area contributed by atoms with Gasteiger partial charge in [0.05, 0.1) is 0 Å². The molecule has 0 aliphatic heterocycles. The van der Waals surface area contributed by atoms with E-state index >= 15 is 0 Å². The minimum Gasteiger partial charge on any atom is -0.489 e. The largest absolute Gasteiger partial charge is 0.489 e. The zero-order valence-electron chi connectivity index (χ0n) is 10.6. The van der Waals surface area contributed by atoms with Gasteiger partial charge in [0.1, 0.15) is 24.0 Å². The molecule has 19 heavy (non-hydrogen) atoms. The smallest absolute Gasteiger partial charge is 0.126 e. The maximum atomic E-state index is 13.0. The van der Waals surface area contributed by atoms with Crippen LogP contribution in [-0.2, 0) is 13.2 Å². The van der Waals surface area contributed by atoms with Gasteiger partial charge in [0.15, 0.2) is 0 Å². The number of rotatable bonds is 4. The van der Waals surface area contributed by atoms with E-state index in [1.54, 1.807) is 0 Å². The van der Waals surface area contributed by atoms with Gasteiger partial charge < -0.3 is 10.5 Å². The fraction of sp³-hybridized carbons (Fsp3) is 0.200. The van der Waals surface area contributed by atoms with E-state index in [1.807, 2.05) is 25.1 Å². The van der Waals surface area contributed by atoms with Crippen molar-refractivity contribution < 1.29 is 13.5 Å². The Kier molecular flexibility index (Phi) is 4.12. The molecule has 0 saturated carbocycles. The summed E-state index contributed by atoms with van der Waals surface area (Å²) < 4.78 is 31.6. The summed E-state index contributed by atoms with van der Waals surface area (Å²) in [6.07, 6.45) is 0. The van der Waals surface area contributed by atoms with Crippen LogP contribution in [0.15, 0.2) is 36.4 Å². The minimum atomic E-state index is -0.610. The first-order valence-corrected chi connectivity index (χ1v) is 5.96. The molecule has 0 bridgehead atoms. The molecule has 0 saturated heterocycles. The van der Waals surface area contributed by atoms with Crippen molar-refractivity contribution in [1.82, 2.24) is 0 Å². The van der Waals surface area contributed by atoms with Crippen LogP contribution in [0.3, 0.4) is 0 Å². The molecular weight excluding hydrogens is 248 g/mol. The molecule has 0 spiro atoms. The van der Waals surface area contributed by atoms with E-state index in [0.29, 0.717) is 17.9 Å². The Morgan fingerprint density at radius 2 is 1.74 bits per heavy atom. The highest BCUT2D eigenvalue weighted by Crippen LogP contribution is 2.21. The van der Waals surface area contributed by atoms with Crippen molar-refractivity contribution in [3.05, 3.63) is 64.7 Å². The van der Waals surface area contributed by atoms with Crippen LogP contribution >= 0.6 is 0 Å². The van der Waals surface area contributed by atoms with Crippen LogP contribution in [0.5, 0.6) is 5.75 Å². The van der Waals surface area contributed by atoms with Gasteiger partial charge in [-0.25, -0.2) is 8.78 Å². The highest BCUT2D eigenvalue weighted by Gasteiger charge is 2.05. The highest BCUT2D eigenvalue weighted by atomic mass is 19.1. The summed E-state index contributed by atoms with van der Waals surface area (Å²) >= 11 is 0. The van der Waals surface area contributed by atoms with Gasteiger partial charge in [0.2, 0.25) is 0 Å². The Morgan fingerprint density at radius 1 is 1.05 bits per heavy atom. The molecule has 2 rings (SSSR count). The second-order valence-electron chi connectivity index (χ2n) is 4.38. The Morgan fingerprint density at radius 3 is 2.37 bits per heavy atom. The zero-order valence-corrected chi connectivity index (χ0v) is 10.6. The monoisotopic (exact) mass is 263 g/mol. The molecule has 0 fully saturated rings. The summed E-state index contributed by atoms with van der Waals surface area (Å²) in [7, 11) is 0. The van der Waals surface area contributed by atoms with Crippen molar-refractivity contribution >= 4 is 0 Å². The zero-order chi connectivity index (χ0) is 13.8. The number of nitrogens with two attached hydrogens (primary N) is 1. The second kappa shape index (κ2) is 5.80. The van der Waals surface area contributed by atoms with Gasteiger partial charge in [-0.3, -0.25) is 0 Å². The topological polar surface area (TPSA) is 35.2 Å². The van der Waals surface area contributed by atoms with E-state index in [0.717, 1.165) is 17.2 Å². The number of aryl methyl sites for hydroxylation is 1. The minimum absolute atomic E-state index is 0.102. The van der Waals surface area contributed by atoms with Crippen LogP contribution in [0, 0.1) is 18.6 Å². The van der Waals surface area contributed by atoms with E-state index in [1.165, 1.54) is 12.1 Å². The first-order chi connectivity index (χ1) is 9.08. The number of hydrogen-bond donors (Lipinski definition) is 1. The molecule has 2 aromatic carbocycles. The van der Waals surface area contributed by atoms with E-state index < -0.39 is 11.6 Å². The molecule has 2 nitrogen and oxygen atoms in total. The molecule has 4 heteroatoms. The molecule has 0 heterocycles. The third-order valence-electron chi connectivity index (χ3n) is 2.75. The van der Waals surface area contributed by atoms with Crippen molar-refractivity contribution in [2.45, 2.75) is 20.1 Å². The molecule has 100 valence electrons. The van der Waals surface area contributed by atoms with Crippen molar-refractivity contribution in [2.75, 3.05) is 0 Å². The fourth-order valence-electron chi connectivity index (χ4n) is 1.86. The average molecular weight is 263 g/mol. The summed E-state index contributed by atoms with van der Waals surface area (Å²) in [5, 5.41) is 0. The van der Waals surface area contributed by atoms with Gasteiger partial charge >= 0.3 is 0 Å². The lowest BCUT2D eigenvalue weighted by Crippen LogP contribution is -2.03. The van der Waals surface area contributed by atoms with E-state index in [9.17, 15) is 8.78 Å². The maximum Gasteiger partial charge on any atom is 0.126 e. The lowest BCUT2D eigenvalue weighted by atomic mass is 10.1. The third kappa shape index (κ3) is 3.51. The molecule has 0 atom stereocenters. The molecular formula is C15H15F2NO. The molecule has 0 aliphatic carbocycles. The Balaban J connectivity index is 2.14. The van der Waals surface area contributed by atoms with Crippen molar-refractivity contribution in [1.29, 1.82) is 0 Å². The highest BCUT2D eigenvalue weighted by molar-refractivity contribution is 5.37. The van der Waals surface area contributed by atoms with Crippen LogP contribution in [0.2, 0.25) is 0 Å². The second-order valence-corrected chi connectivity index (χ2v) is 4.38. The number of hydrogen-bond acceptors (Lipinski definition) is 2. The Hall–Kier alpha value is -1.94. The lowest BCUT2D eigenvalue weighted by molar-refractivity contribution is 0.301. The van der Waals surface area contributed by atoms with Crippen LogP contribution in [-0.4, -0.2) is 0 Å². The summed E-state index contributed by atoms with van der Waals surface area (Å²) in [6.45, 7) is 2.42. The Bertz CT molecular complexity index is 564. The molecule has 0 aromatic heterocycles. The molecule has 0 aliphatic rings. The molecule has 0 radical (unpaired) electrons. The van der Waals surface area contributed by atoms with Crippen LogP contribution < -0.4 is 10.5 Å². The standard InChI is InChI=1S/C15H15F2NO/c1-10-2-3-15(12(4-10)8-18)19-9-11-5-13(16)7-14(17)6-11/h2-7H,8-9,18H2,1H3.